The second-order valence-corrected chi connectivity index (χ2v) is 4.89. The van der Waals surface area contributed by atoms with Crippen LogP contribution in [0.3, 0.4) is 0 Å². The summed E-state index contributed by atoms with van der Waals surface area (Å²) in [5.41, 5.74) is 0. The maximum Gasteiger partial charge on any atom is 0.307 e. The molecule has 0 aliphatic heterocycles. The Kier molecular flexibility index (Phi) is 4.93. The topological polar surface area (TPSA) is 86.6 Å². The van der Waals surface area contributed by atoms with Gasteiger partial charge < -0.3 is 15.5 Å². The van der Waals surface area contributed by atoms with Crippen molar-refractivity contribution in [2.75, 3.05) is 6.61 Å². The first kappa shape index (κ1) is 14.0. The van der Waals surface area contributed by atoms with Crippen LogP contribution in [-0.4, -0.2) is 34.7 Å². The summed E-state index contributed by atoms with van der Waals surface area (Å²) in [5.74, 6) is -1.85. The molecule has 4 unspecified atom stereocenters. The quantitative estimate of drug-likeness (QED) is 0.660. The highest BCUT2D eigenvalue weighted by Crippen LogP contribution is 2.38. The van der Waals surface area contributed by atoms with Crippen molar-refractivity contribution in [1.82, 2.24) is 5.32 Å². The van der Waals surface area contributed by atoms with E-state index < -0.39 is 17.8 Å². The van der Waals surface area contributed by atoms with E-state index in [-0.39, 0.29) is 18.6 Å². The first-order chi connectivity index (χ1) is 7.99. The Labute approximate surface area is 101 Å². The molecule has 3 N–H and O–H groups in total. The zero-order valence-electron chi connectivity index (χ0n) is 10.3. The molecule has 5 nitrogen and oxygen atoms in total. The molecular weight excluding hydrogens is 222 g/mol. The van der Waals surface area contributed by atoms with E-state index in [1.165, 1.54) is 0 Å². The van der Waals surface area contributed by atoms with E-state index in [1.54, 1.807) is 6.92 Å². The summed E-state index contributed by atoms with van der Waals surface area (Å²) in [4.78, 5) is 23.0. The van der Waals surface area contributed by atoms with E-state index in [0.717, 1.165) is 6.42 Å². The largest absolute Gasteiger partial charge is 0.481 e. The molecule has 0 spiro atoms. The number of carbonyl (C=O) groups is 2. The Bertz CT molecular complexity index is 292. The summed E-state index contributed by atoms with van der Waals surface area (Å²) in [6, 6.07) is -0.322. The van der Waals surface area contributed by atoms with Crippen LogP contribution in [0.5, 0.6) is 0 Å². The standard InChI is InChI=1S/C12H21NO4/c1-3-8-4-9(10(5-8)12(16)17)11(15)13-7(2)6-14/h7-10,14H,3-6H2,1-2H3,(H,13,15)(H,16,17). The number of hydrogen-bond donors (Lipinski definition) is 3. The van der Waals surface area contributed by atoms with Gasteiger partial charge in [0.25, 0.3) is 0 Å². The lowest BCUT2D eigenvalue weighted by Gasteiger charge is -2.18. The van der Waals surface area contributed by atoms with E-state index in [1.807, 2.05) is 6.92 Å². The van der Waals surface area contributed by atoms with Gasteiger partial charge in [-0.05, 0) is 25.7 Å². The van der Waals surface area contributed by atoms with Gasteiger partial charge in [0.2, 0.25) is 5.91 Å². The Balaban J connectivity index is 2.66. The molecule has 4 atom stereocenters. The fourth-order valence-electron chi connectivity index (χ4n) is 2.43. The molecular formula is C12H21NO4. The molecule has 0 radical (unpaired) electrons. The van der Waals surface area contributed by atoms with E-state index in [4.69, 9.17) is 10.2 Å². The van der Waals surface area contributed by atoms with Crippen LogP contribution in [0, 0.1) is 17.8 Å². The molecule has 98 valence electrons. The number of carboxylic acids is 1. The highest BCUT2D eigenvalue weighted by Gasteiger charge is 2.42. The third kappa shape index (κ3) is 3.43. The Hall–Kier alpha value is -1.10. The monoisotopic (exact) mass is 243 g/mol. The van der Waals surface area contributed by atoms with Gasteiger partial charge in [0.05, 0.1) is 18.4 Å². The molecule has 0 aromatic rings. The Morgan fingerprint density at radius 3 is 2.41 bits per heavy atom. The summed E-state index contributed by atoms with van der Waals surface area (Å²) in [7, 11) is 0. The van der Waals surface area contributed by atoms with Gasteiger partial charge in [0, 0.05) is 6.04 Å². The van der Waals surface area contributed by atoms with Gasteiger partial charge in [0.15, 0.2) is 0 Å². The maximum atomic E-state index is 11.9. The van der Waals surface area contributed by atoms with E-state index in [2.05, 4.69) is 5.32 Å². The number of carbonyl (C=O) groups excluding carboxylic acids is 1. The summed E-state index contributed by atoms with van der Waals surface area (Å²) >= 11 is 0. The van der Waals surface area contributed by atoms with Crippen molar-refractivity contribution in [2.24, 2.45) is 17.8 Å². The molecule has 1 rings (SSSR count). The first-order valence-corrected chi connectivity index (χ1v) is 6.13. The number of aliphatic carboxylic acids is 1. The zero-order chi connectivity index (χ0) is 13.0. The lowest BCUT2D eigenvalue weighted by Crippen LogP contribution is -2.41. The molecule has 0 bridgehead atoms. The second kappa shape index (κ2) is 6.00. The molecule has 0 aromatic carbocycles. The number of rotatable bonds is 5. The fourth-order valence-corrected chi connectivity index (χ4v) is 2.43. The van der Waals surface area contributed by atoms with Gasteiger partial charge >= 0.3 is 5.97 Å². The van der Waals surface area contributed by atoms with Crippen molar-refractivity contribution in [2.45, 2.75) is 39.2 Å². The van der Waals surface area contributed by atoms with Crippen molar-refractivity contribution in [3.8, 4) is 0 Å². The lowest BCUT2D eigenvalue weighted by atomic mass is 9.95. The van der Waals surface area contributed by atoms with Gasteiger partial charge in [0.1, 0.15) is 0 Å². The van der Waals surface area contributed by atoms with Crippen LogP contribution in [0.4, 0.5) is 0 Å². The molecule has 1 fully saturated rings. The molecule has 5 heteroatoms. The highest BCUT2D eigenvalue weighted by molar-refractivity contribution is 5.85. The van der Waals surface area contributed by atoms with E-state index in [0.29, 0.717) is 18.8 Å². The van der Waals surface area contributed by atoms with Gasteiger partial charge in [-0.1, -0.05) is 13.3 Å². The zero-order valence-corrected chi connectivity index (χ0v) is 10.3. The van der Waals surface area contributed by atoms with Gasteiger partial charge in [-0.3, -0.25) is 9.59 Å². The third-order valence-electron chi connectivity index (χ3n) is 3.55. The lowest BCUT2D eigenvalue weighted by molar-refractivity contribution is -0.146. The van der Waals surface area contributed by atoms with Crippen LogP contribution in [0.25, 0.3) is 0 Å². The Morgan fingerprint density at radius 2 is 1.94 bits per heavy atom. The number of hydrogen-bond acceptors (Lipinski definition) is 3. The average molecular weight is 243 g/mol. The summed E-state index contributed by atoms with van der Waals surface area (Å²) < 4.78 is 0. The average Bonchev–Trinajstić information content (AvgIpc) is 2.72. The normalized spacial score (nSPS) is 29.9. The first-order valence-electron chi connectivity index (χ1n) is 6.13. The molecule has 1 amide bonds. The van der Waals surface area contributed by atoms with Gasteiger partial charge in [-0.2, -0.15) is 0 Å². The fraction of sp³-hybridized carbons (Fsp3) is 0.833. The summed E-state index contributed by atoms with van der Waals surface area (Å²) in [5, 5.41) is 20.6. The van der Waals surface area contributed by atoms with Crippen LogP contribution >= 0.6 is 0 Å². The van der Waals surface area contributed by atoms with Crippen LogP contribution in [0.15, 0.2) is 0 Å². The Morgan fingerprint density at radius 1 is 1.35 bits per heavy atom. The summed E-state index contributed by atoms with van der Waals surface area (Å²) in [6.45, 7) is 3.58. The minimum Gasteiger partial charge on any atom is -0.481 e. The van der Waals surface area contributed by atoms with Crippen LogP contribution in [0.1, 0.15) is 33.1 Å². The van der Waals surface area contributed by atoms with Gasteiger partial charge in [-0.25, -0.2) is 0 Å². The number of amides is 1. The molecule has 1 saturated carbocycles. The molecule has 0 heterocycles. The van der Waals surface area contributed by atoms with Gasteiger partial charge in [-0.15, -0.1) is 0 Å². The molecule has 0 saturated heterocycles. The van der Waals surface area contributed by atoms with E-state index in [9.17, 15) is 9.59 Å². The number of aliphatic hydroxyl groups is 1. The van der Waals surface area contributed by atoms with Crippen molar-refractivity contribution >= 4 is 11.9 Å². The molecule has 0 aromatic heterocycles. The molecule has 1 aliphatic rings. The van der Waals surface area contributed by atoms with Crippen molar-refractivity contribution < 1.29 is 19.8 Å². The van der Waals surface area contributed by atoms with Crippen molar-refractivity contribution in [3.63, 3.8) is 0 Å². The molecule has 17 heavy (non-hydrogen) atoms. The van der Waals surface area contributed by atoms with Crippen LogP contribution < -0.4 is 5.32 Å². The number of aliphatic hydroxyl groups excluding tert-OH is 1. The predicted molar refractivity (Wildman–Crippen MR) is 62.3 cm³/mol. The minimum atomic E-state index is -0.891. The van der Waals surface area contributed by atoms with E-state index >= 15 is 0 Å². The maximum absolute atomic E-state index is 11.9. The third-order valence-corrected chi connectivity index (χ3v) is 3.55. The molecule has 1 aliphatic carbocycles. The van der Waals surface area contributed by atoms with Crippen LogP contribution in [-0.2, 0) is 9.59 Å². The minimum absolute atomic E-state index is 0.132. The highest BCUT2D eigenvalue weighted by atomic mass is 16.4. The number of nitrogens with one attached hydrogen (secondary N) is 1. The van der Waals surface area contributed by atoms with Crippen molar-refractivity contribution in [3.05, 3.63) is 0 Å². The van der Waals surface area contributed by atoms with Crippen LogP contribution in [0.2, 0.25) is 0 Å². The van der Waals surface area contributed by atoms with Crippen molar-refractivity contribution in [1.29, 1.82) is 0 Å². The SMILES string of the molecule is CCC1CC(C(=O)O)C(C(=O)NC(C)CO)C1. The smallest absolute Gasteiger partial charge is 0.307 e. The predicted octanol–water partition coefficient (Wildman–Crippen LogP) is 0.620. The second-order valence-electron chi connectivity index (χ2n) is 4.89. The number of carboxylic acid groups (broad SMARTS) is 1. The summed E-state index contributed by atoms with van der Waals surface area (Å²) in [6.07, 6.45) is 2.12.